The Kier molecular flexibility index (Phi) is 7.54. The van der Waals surface area contributed by atoms with Gasteiger partial charge in [0.05, 0.1) is 5.56 Å². The fourth-order valence-electron chi connectivity index (χ4n) is 2.50. The first-order valence-electron chi connectivity index (χ1n) is 8.19. The first-order chi connectivity index (χ1) is 11.6. The third-order valence-corrected chi connectivity index (χ3v) is 3.53. The number of carbonyl (C=O) groups excluding carboxylic acids is 3. The number of ether oxygens (including phenoxy) is 1. The van der Waals surface area contributed by atoms with Crippen LogP contribution in [0.3, 0.4) is 0 Å². The van der Waals surface area contributed by atoms with Crippen LogP contribution in [0, 0.1) is 5.82 Å². The van der Waals surface area contributed by atoms with Gasteiger partial charge in [-0.15, -0.1) is 0 Å². The third kappa shape index (κ3) is 5.85. The van der Waals surface area contributed by atoms with Crippen LogP contribution in [-0.2, 0) is 14.3 Å². The standard InChI is InChI=1S/C18H25FN2O4/c1-11(2)21(12(3)4)18(24)13(5)25-16(22)10-20-17(23)14-8-6-7-9-15(14)19/h6-9,11-13H,10H2,1-5H3,(H,20,23). The number of hydrogen-bond donors (Lipinski definition) is 1. The molecule has 0 spiro atoms. The van der Waals surface area contributed by atoms with Gasteiger partial charge in [0.2, 0.25) is 0 Å². The van der Waals surface area contributed by atoms with Crippen LogP contribution in [0.2, 0.25) is 0 Å². The van der Waals surface area contributed by atoms with Crippen LogP contribution in [0.15, 0.2) is 24.3 Å². The van der Waals surface area contributed by atoms with Crippen molar-refractivity contribution < 1.29 is 23.5 Å². The van der Waals surface area contributed by atoms with E-state index in [-0.39, 0.29) is 23.6 Å². The average molecular weight is 352 g/mol. The SMILES string of the molecule is CC(OC(=O)CNC(=O)c1ccccc1F)C(=O)N(C(C)C)C(C)C. The zero-order chi connectivity index (χ0) is 19.1. The summed E-state index contributed by atoms with van der Waals surface area (Å²) in [7, 11) is 0. The van der Waals surface area contributed by atoms with E-state index in [1.165, 1.54) is 25.1 Å². The highest BCUT2D eigenvalue weighted by Crippen LogP contribution is 2.10. The molecule has 1 rings (SSSR count). The highest BCUT2D eigenvalue weighted by molar-refractivity contribution is 5.96. The number of halogens is 1. The van der Waals surface area contributed by atoms with Gasteiger partial charge >= 0.3 is 5.97 Å². The molecule has 1 atom stereocenters. The fourth-order valence-corrected chi connectivity index (χ4v) is 2.50. The minimum absolute atomic E-state index is 0.0330. The van der Waals surface area contributed by atoms with Crippen LogP contribution in [0.1, 0.15) is 45.0 Å². The molecule has 0 bridgehead atoms. The third-order valence-electron chi connectivity index (χ3n) is 3.53. The quantitative estimate of drug-likeness (QED) is 0.763. The number of nitrogens with zero attached hydrogens (tertiary/aromatic N) is 1. The lowest BCUT2D eigenvalue weighted by Gasteiger charge is -2.32. The molecule has 0 aliphatic carbocycles. The molecular formula is C18H25FN2O4. The van der Waals surface area contributed by atoms with Gasteiger partial charge in [-0.25, -0.2) is 4.39 Å². The lowest BCUT2D eigenvalue weighted by atomic mass is 10.2. The number of benzene rings is 1. The average Bonchev–Trinajstić information content (AvgIpc) is 2.52. The summed E-state index contributed by atoms with van der Waals surface area (Å²) in [5.41, 5.74) is -0.162. The Morgan fingerprint density at radius 2 is 1.64 bits per heavy atom. The summed E-state index contributed by atoms with van der Waals surface area (Å²) in [4.78, 5) is 37.7. The first-order valence-corrected chi connectivity index (χ1v) is 8.19. The Morgan fingerprint density at radius 3 is 2.16 bits per heavy atom. The largest absolute Gasteiger partial charge is 0.451 e. The molecule has 0 saturated carbocycles. The summed E-state index contributed by atoms with van der Waals surface area (Å²) >= 11 is 0. The maximum Gasteiger partial charge on any atom is 0.326 e. The molecule has 0 radical (unpaired) electrons. The fraction of sp³-hybridized carbons (Fsp3) is 0.500. The molecule has 0 aromatic heterocycles. The van der Waals surface area contributed by atoms with Crippen LogP contribution < -0.4 is 5.32 Å². The van der Waals surface area contributed by atoms with Gasteiger partial charge in [-0.3, -0.25) is 14.4 Å². The molecule has 0 heterocycles. The molecule has 6 nitrogen and oxygen atoms in total. The van der Waals surface area contributed by atoms with Crippen molar-refractivity contribution in [3.8, 4) is 0 Å². The van der Waals surface area contributed by atoms with Gasteiger partial charge in [0.1, 0.15) is 12.4 Å². The van der Waals surface area contributed by atoms with Crippen molar-refractivity contribution >= 4 is 17.8 Å². The Balaban J connectivity index is 2.57. The molecule has 138 valence electrons. The Morgan fingerprint density at radius 1 is 1.08 bits per heavy atom. The number of nitrogens with one attached hydrogen (secondary N) is 1. The van der Waals surface area contributed by atoms with Crippen molar-refractivity contribution in [2.45, 2.75) is 52.8 Å². The normalized spacial score (nSPS) is 12.0. The van der Waals surface area contributed by atoms with Gasteiger partial charge in [-0.1, -0.05) is 12.1 Å². The van der Waals surface area contributed by atoms with E-state index in [1.54, 1.807) is 4.90 Å². The van der Waals surface area contributed by atoms with Gasteiger partial charge < -0.3 is 15.0 Å². The minimum atomic E-state index is -0.970. The van der Waals surface area contributed by atoms with E-state index in [2.05, 4.69) is 5.32 Å². The predicted octanol–water partition coefficient (Wildman–Crippen LogP) is 2.13. The maximum atomic E-state index is 13.5. The molecule has 0 fully saturated rings. The molecular weight excluding hydrogens is 327 g/mol. The Bertz CT molecular complexity index is 623. The van der Waals surface area contributed by atoms with E-state index in [4.69, 9.17) is 4.74 Å². The second-order valence-corrected chi connectivity index (χ2v) is 6.23. The van der Waals surface area contributed by atoms with E-state index >= 15 is 0 Å². The van der Waals surface area contributed by atoms with Gasteiger partial charge in [0.25, 0.3) is 11.8 Å². The molecule has 2 amide bonds. The summed E-state index contributed by atoms with van der Waals surface area (Å²) in [5, 5.41) is 2.28. The lowest BCUT2D eigenvalue weighted by molar-refractivity contribution is -0.160. The van der Waals surface area contributed by atoms with E-state index in [1.807, 2.05) is 27.7 Å². The highest BCUT2D eigenvalue weighted by Gasteiger charge is 2.27. The van der Waals surface area contributed by atoms with Crippen LogP contribution in [0.25, 0.3) is 0 Å². The van der Waals surface area contributed by atoms with Gasteiger partial charge in [-0.2, -0.15) is 0 Å². The first kappa shape index (κ1) is 20.6. The van der Waals surface area contributed by atoms with E-state index in [0.29, 0.717) is 0 Å². The number of amides is 2. The van der Waals surface area contributed by atoms with Crippen molar-refractivity contribution in [3.05, 3.63) is 35.6 Å². The molecule has 1 aromatic rings. The van der Waals surface area contributed by atoms with Gasteiger partial charge in [-0.05, 0) is 46.8 Å². The Labute approximate surface area is 147 Å². The van der Waals surface area contributed by atoms with Gasteiger partial charge in [0.15, 0.2) is 6.10 Å². The second kappa shape index (κ2) is 9.15. The predicted molar refractivity (Wildman–Crippen MR) is 91.4 cm³/mol. The summed E-state index contributed by atoms with van der Waals surface area (Å²) in [6, 6.07) is 5.38. The van der Waals surface area contributed by atoms with Crippen LogP contribution in [0.5, 0.6) is 0 Å². The summed E-state index contributed by atoms with van der Waals surface area (Å²) in [6.45, 7) is 8.54. The monoisotopic (exact) mass is 352 g/mol. The van der Waals surface area contributed by atoms with Gasteiger partial charge in [0, 0.05) is 12.1 Å². The van der Waals surface area contributed by atoms with Crippen molar-refractivity contribution in [1.82, 2.24) is 10.2 Å². The summed E-state index contributed by atoms with van der Waals surface area (Å²) in [5.74, 6) is -2.47. The lowest BCUT2D eigenvalue weighted by Crippen LogP contribution is -2.48. The topological polar surface area (TPSA) is 75.7 Å². The van der Waals surface area contributed by atoms with Crippen LogP contribution in [-0.4, -0.2) is 47.4 Å². The summed E-state index contributed by atoms with van der Waals surface area (Å²) < 4.78 is 18.6. The van der Waals surface area contributed by atoms with E-state index < -0.39 is 30.3 Å². The summed E-state index contributed by atoms with van der Waals surface area (Å²) in [6.07, 6.45) is -0.970. The maximum absolute atomic E-state index is 13.5. The molecule has 0 aliphatic rings. The zero-order valence-electron chi connectivity index (χ0n) is 15.2. The molecule has 25 heavy (non-hydrogen) atoms. The highest BCUT2D eigenvalue weighted by atomic mass is 19.1. The molecule has 7 heteroatoms. The van der Waals surface area contributed by atoms with Crippen molar-refractivity contribution in [2.24, 2.45) is 0 Å². The zero-order valence-corrected chi connectivity index (χ0v) is 15.2. The smallest absolute Gasteiger partial charge is 0.326 e. The molecule has 1 unspecified atom stereocenters. The Hall–Kier alpha value is -2.44. The molecule has 0 saturated heterocycles. The van der Waals surface area contributed by atoms with Crippen molar-refractivity contribution in [2.75, 3.05) is 6.54 Å². The van der Waals surface area contributed by atoms with E-state index in [0.717, 1.165) is 6.07 Å². The number of rotatable bonds is 7. The number of carbonyl (C=O) groups is 3. The molecule has 0 aliphatic heterocycles. The molecule has 1 N–H and O–H groups in total. The molecule has 1 aromatic carbocycles. The van der Waals surface area contributed by atoms with Crippen molar-refractivity contribution in [3.63, 3.8) is 0 Å². The minimum Gasteiger partial charge on any atom is -0.451 e. The number of esters is 1. The van der Waals surface area contributed by atoms with E-state index in [9.17, 15) is 18.8 Å². The van der Waals surface area contributed by atoms with Crippen LogP contribution in [0.4, 0.5) is 4.39 Å². The van der Waals surface area contributed by atoms with Crippen LogP contribution >= 0.6 is 0 Å². The van der Waals surface area contributed by atoms with Crippen molar-refractivity contribution in [1.29, 1.82) is 0 Å². The second-order valence-electron chi connectivity index (χ2n) is 6.23. The number of hydrogen-bond acceptors (Lipinski definition) is 4.